The van der Waals surface area contributed by atoms with Crippen molar-refractivity contribution in [2.45, 2.75) is 6.92 Å². The highest BCUT2D eigenvalue weighted by molar-refractivity contribution is 5.94. The molecule has 0 radical (unpaired) electrons. The van der Waals surface area contributed by atoms with E-state index in [4.69, 9.17) is 9.47 Å². The molecule has 3 rings (SSSR count). The first-order valence-electron chi connectivity index (χ1n) is 8.79. The van der Waals surface area contributed by atoms with Crippen LogP contribution >= 0.6 is 0 Å². The second-order valence-corrected chi connectivity index (χ2v) is 5.68. The highest BCUT2D eigenvalue weighted by Crippen LogP contribution is 2.21. The van der Waals surface area contributed by atoms with Gasteiger partial charge in [-0.3, -0.25) is 4.79 Å². The van der Waals surface area contributed by atoms with Gasteiger partial charge in [-0.25, -0.2) is 0 Å². The molecule has 2 aromatic carbocycles. The monoisotopic (exact) mass is 363 g/mol. The summed E-state index contributed by atoms with van der Waals surface area (Å²) in [6.45, 7) is 3.29. The Labute approximate surface area is 158 Å². The fraction of sp³-hybridized carbons (Fsp3) is 0.190. The molecule has 0 fully saturated rings. The van der Waals surface area contributed by atoms with E-state index >= 15 is 0 Å². The van der Waals surface area contributed by atoms with Gasteiger partial charge in [-0.2, -0.15) is 0 Å². The number of aromatic nitrogens is 2. The number of benzene rings is 2. The summed E-state index contributed by atoms with van der Waals surface area (Å²) < 4.78 is 11.0. The second kappa shape index (κ2) is 9.33. The van der Waals surface area contributed by atoms with Gasteiger partial charge in [0, 0.05) is 17.2 Å². The molecule has 1 N–H and O–H groups in total. The molecule has 0 unspecified atom stereocenters. The fourth-order valence-corrected chi connectivity index (χ4v) is 2.45. The summed E-state index contributed by atoms with van der Waals surface area (Å²) in [6.07, 6.45) is 0. The molecule has 0 saturated carbocycles. The molecule has 3 aromatic rings. The molecule has 6 heteroatoms. The SMILES string of the molecule is CCOc1ccc(-c2ccc(OCCNC(=O)c3ccccc3)nn2)cc1. The van der Waals surface area contributed by atoms with Gasteiger partial charge in [0.1, 0.15) is 12.4 Å². The topological polar surface area (TPSA) is 73.3 Å². The Balaban J connectivity index is 1.47. The third-order valence-corrected chi connectivity index (χ3v) is 3.77. The molecule has 0 saturated heterocycles. The molecule has 0 atom stereocenters. The molecular weight excluding hydrogens is 342 g/mol. The maximum Gasteiger partial charge on any atom is 0.251 e. The number of hydrogen-bond donors (Lipinski definition) is 1. The molecule has 1 amide bonds. The first-order chi connectivity index (χ1) is 13.3. The van der Waals surface area contributed by atoms with Crippen molar-refractivity contribution in [1.82, 2.24) is 15.5 Å². The number of ether oxygens (including phenoxy) is 2. The molecular formula is C21H21N3O3. The van der Waals surface area contributed by atoms with E-state index in [2.05, 4.69) is 15.5 Å². The van der Waals surface area contributed by atoms with Gasteiger partial charge in [0.25, 0.3) is 5.91 Å². The first kappa shape index (κ1) is 18.4. The highest BCUT2D eigenvalue weighted by Gasteiger charge is 2.05. The van der Waals surface area contributed by atoms with Crippen LogP contribution in [0.1, 0.15) is 17.3 Å². The third kappa shape index (κ3) is 5.28. The minimum Gasteiger partial charge on any atom is -0.494 e. The van der Waals surface area contributed by atoms with Crippen LogP contribution in [-0.4, -0.2) is 35.9 Å². The molecule has 138 valence electrons. The van der Waals surface area contributed by atoms with Gasteiger partial charge in [-0.15, -0.1) is 10.2 Å². The van der Waals surface area contributed by atoms with Crippen molar-refractivity contribution in [3.05, 3.63) is 72.3 Å². The van der Waals surface area contributed by atoms with Crippen molar-refractivity contribution in [1.29, 1.82) is 0 Å². The second-order valence-electron chi connectivity index (χ2n) is 5.68. The molecule has 0 bridgehead atoms. The Morgan fingerprint density at radius 3 is 2.37 bits per heavy atom. The number of carbonyl (C=O) groups excluding carboxylic acids is 1. The minimum atomic E-state index is -0.129. The number of rotatable bonds is 8. The largest absolute Gasteiger partial charge is 0.494 e. The van der Waals surface area contributed by atoms with E-state index < -0.39 is 0 Å². The van der Waals surface area contributed by atoms with E-state index in [1.54, 1.807) is 18.2 Å². The molecule has 1 heterocycles. The quantitative estimate of drug-likeness (QED) is 0.621. The Morgan fingerprint density at radius 1 is 0.926 bits per heavy atom. The van der Waals surface area contributed by atoms with Gasteiger partial charge in [-0.05, 0) is 49.4 Å². The zero-order valence-corrected chi connectivity index (χ0v) is 15.1. The van der Waals surface area contributed by atoms with Crippen molar-refractivity contribution in [3.63, 3.8) is 0 Å². The summed E-state index contributed by atoms with van der Waals surface area (Å²) in [4.78, 5) is 11.9. The van der Waals surface area contributed by atoms with E-state index in [1.807, 2.05) is 55.5 Å². The van der Waals surface area contributed by atoms with E-state index in [0.717, 1.165) is 17.0 Å². The Hall–Kier alpha value is -3.41. The van der Waals surface area contributed by atoms with Crippen LogP contribution in [0.15, 0.2) is 66.7 Å². The van der Waals surface area contributed by atoms with Crippen molar-refractivity contribution >= 4 is 5.91 Å². The number of amides is 1. The smallest absolute Gasteiger partial charge is 0.251 e. The lowest BCUT2D eigenvalue weighted by atomic mass is 10.1. The molecule has 0 aliphatic carbocycles. The minimum absolute atomic E-state index is 0.129. The van der Waals surface area contributed by atoms with E-state index in [-0.39, 0.29) is 5.91 Å². The maximum atomic E-state index is 11.9. The maximum absolute atomic E-state index is 11.9. The van der Waals surface area contributed by atoms with Crippen LogP contribution in [0.4, 0.5) is 0 Å². The fourth-order valence-electron chi connectivity index (χ4n) is 2.45. The predicted molar refractivity (Wildman–Crippen MR) is 103 cm³/mol. The summed E-state index contributed by atoms with van der Waals surface area (Å²) in [6, 6.07) is 20.3. The number of hydrogen-bond acceptors (Lipinski definition) is 5. The molecule has 27 heavy (non-hydrogen) atoms. The van der Waals surface area contributed by atoms with Crippen molar-refractivity contribution in [3.8, 4) is 22.9 Å². The zero-order valence-electron chi connectivity index (χ0n) is 15.1. The normalized spacial score (nSPS) is 10.3. The predicted octanol–water partition coefficient (Wildman–Crippen LogP) is 3.35. The zero-order chi connectivity index (χ0) is 18.9. The van der Waals surface area contributed by atoms with Crippen molar-refractivity contribution in [2.75, 3.05) is 19.8 Å². The van der Waals surface area contributed by atoms with Gasteiger partial charge < -0.3 is 14.8 Å². The van der Waals surface area contributed by atoms with E-state index in [9.17, 15) is 4.79 Å². The van der Waals surface area contributed by atoms with Gasteiger partial charge in [0.15, 0.2) is 0 Å². The summed E-state index contributed by atoms with van der Waals surface area (Å²) in [7, 11) is 0. The van der Waals surface area contributed by atoms with E-state index in [0.29, 0.717) is 31.2 Å². The van der Waals surface area contributed by atoms with Crippen LogP contribution in [0.25, 0.3) is 11.3 Å². The number of nitrogens with zero attached hydrogens (tertiary/aromatic N) is 2. The third-order valence-electron chi connectivity index (χ3n) is 3.77. The Kier molecular flexibility index (Phi) is 6.35. The molecule has 0 spiro atoms. The summed E-state index contributed by atoms with van der Waals surface area (Å²) in [5.41, 5.74) is 2.33. The van der Waals surface area contributed by atoms with Crippen LogP contribution < -0.4 is 14.8 Å². The van der Waals surface area contributed by atoms with Crippen molar-refractivity contribution < 1.29 is 14.3 Å². The standard InChI is InChI=1S/C21H21N3O3/c1-2-26-18-10-8-16(9-11-18)19-12-13-20(24-23-19)27-15-14-22-21(25)17-6-4-3-5-7-17/h3-13H,2,14-15H2,1H3,(H,22,25). The summed E-state index contributed by atoms with van der Waals surface area (Å²) in [5.74, 6) is 1.11. The first-order valence-corrected chi connectivity index (χ1v) is 8.79. The average Bonchev–Trinajstić information content (AvgIpc) is 2.73. The van der Waals surface area contributed by atoms with Crippen molar-refractivity contribution in [2.24, 2.45) is 0 Å². The molecule has 0 aliphatic heterocycles. The van der Waals surface area contributed by atoms with Gasteiger partial charge >= 0.3 is 0 Å². The molecule has 1 aromatic heterocycles. The average molecular weight is 363 g/mol. The summed E-state index contributed by atoms with van der Waals surface area (Å²) in [5, 5.41) is 11.1. The lowest BCUT2D eigenvalue weighted by Crippen LogP contribution is -2.28. The van der Waals surface area contributed by atoms with Crippen LogP contribution in [0.5, 0.6) is 11.6 Å². The molecule has 0 aliphatic rings. The van der Waals surface area contributed by atoms with E-state index in [1.165, 1.54) is 0 Å². The van der Waals surface area contributed by atoms with Crippen LogP contribution in [0.2, 0.25) is 0 Å². The van der Waals surface area contributed by atoms with Crippen LogP contribution in [0, 0.1) is 0 Å². The Morgan fingerprint density at radius 2 is 1.70 bits per heavy atom. The van der Waals surface area contributed by atoms with Gasteiger partial charge in [-0.1, -0.05) is 18.2 Å². The highest BCUT2D eigenvalue weighted by atomic mass is 16.5. The van der Waals surface area contributed by atoms with Crippen LogP contribution in [0.3, 0.4) is 0 Å². The van der Waals surface area contributed by atoms with Gasteiger partial charge in [0.2, 0.25) is 5.88 Å². The van der Waals surface area contributed by atoms with Crippen LogP contribution in [-0.2, 0) is 0 Å². The lowest BCUT2D eigenvalue weighted by molar-refractivity contribution is 0.0946. The number of nitrogens with one attached hydrogen (secondary N) is 1. The van der Waals surface area contributed by atoms with Gasteiger partial charge in [0.05, 0.1) is 18.8 Å². The Bertz CT molecular complexity index is 850. The summed E-state index contributed by atoms with van der Waals surface area (Å²) >= 11 is 0. The number of carbonyl (C=O) groups is 1. The lowest BCUT2D eigenvalue weighted by Gasteiger charge is -2.08. The molecule has 6 nitrogen and oxygen atoms in total.